The van der Waals surface area contributed by atoms with E-state index in [9.17, 15) is 17.6 Å². The van der Waals surface area contributed by atoms with Crippen molar-refractivity contribution in [3.8, 4) is 0 Å². The third-order valence-electron chi connectivity index (χ3n) is 4.80. The molecule has 0 saturated carbocycles. The number of rotatable bonds is 7. The van der Waals surface area contributed by atoms with Crippen LogP contribution in [0.3, 0.4) is 0 Å². The van der Waals surface area contributed by atoms with Gasteiger partial charge in [0.1, 0.15) is 5.82 Å². The van der Waals surface area contributed by atoms with E-state index in [2.05, 4.69) is 17.1 Å². The fraction of sp³-hybridized carbons (Fsp3) is 0.333. The third-order valence-corrected chi connectivity index (χ3v) is 8.16. The number of nitrogens with zero attached hydrogens (tertiary/aromatic N) is 2. The van der Waals surface area contributed by atoms with Crippen LogP contribution in [0, 0.1) is 19.7 Å². The molecule has 5 nitrogen and oxygen atoms in total. The molecule has 0 aliphatic rings. The predicted molar refractivity (Wildman–Crippen MR) is 121 cm³/mol. The van der Waals surface area contributed by atoms with Crippen LogP contribution in [0.4, 0.5) is 4.39 Å². The molecule has 1 aromatic heterocycles. The Morgan fingerprint density at radius 2 is 1.83 bits per heavy atom. The van der Waals surface area contributed by atoms with Gasteiger partial charge in [-0.25, -0.2) is 12.8 Å². The lowest BCUT2D eigenvalue weighted by atomic mass is 10.1. The fourth-order valence-electron chi connectivity index (χ4n) is 2.95. The van der Waals surface area contributed by atoms with Crippen LogP contribution in [-0.2, 0) is 21.2 Å². The smallest absolute Gasteiger partial charge is 0.249 e. The second kappa shape index (κ2) is 9.45. The van der Waals surface area contributed by atoms with E-state index >= 15 is 0 Å². The van der Waals surface area contributed by atoms with Gasteiger partial charge in [0.05, 0.1) is 20.9 Å². The van der Waals surface area contributed by atoms with Gasteiger partial charge in [-0.1, -0.05) is 11.3 Å². The second-order valence-corrected chi connectivity index (χ2v) is 11.1. The van der Waals surface area contributed by atoms with Gasteiger partial charge in [0.2, 0.25) is 5.91 Å². The number of aryl methyl sites for hydroxylation is 3. The first-order valence-corrected chi connectivity index (χ1v) is 13.2. The van der Waals surface area contributed by atoms with E-state index in [4.69, 9.17) is 0 Å². The van der Waals surface area contributed by atoms with Gasteiger partial charge >= 0.3 is 0 Å². The summed E-state index contributed by atoms with van der Waals surface area (Å²) in [5.74, 6) is -0.489. The number of benzene rings is 2. The molecule has 0 fully saturated rings. The largest absolute Gasteiger partial charge is 0.316 e. The minimum atomic E-state index is -3.68. The Morgan fingerprint density at radius 1 is 1.17 bits per heavy atom. The molecule has 0 unspecified atom stereocenters. The number of hydrogen-bond acceptors (Lipinski definition) is 5. The van der Waals surface area contributed by atoms with Crippen LogP contribution < -0.4 is 4.80 Å². The molecule has 2 aromatic carbocycles. The number of amides is 1. The first kappa shape index (κ1) is 22.7. The summed E-state index contributed by atoms with van der Waals surface area (Å²) in [6.45, 7) is 4.81. The van der Waals surface area contributed by atoms with Gasteiger partial charge in [-0.3, -0.25) is 4.79 Å². The highest BCUT2D eigenvalue weighted by Crippen LogP contribution is 2.22. The zero-order valence-corrected chi connectivity index (χ0v) is 19.5. The fourth-order valence-corrected chi connectivity index (χ4v) is 5.70. The zero-order chi connectivity index (χ0) is 21.9. The topological polar surface area (TPSA) is 68.5 Å². The van der Waals surface area contributed by atoms with Crippen LogP contribution in [0.5, 0.6) is 0 Å². The van der Waals surface area contributed by atoms with Crippen molar-refractivity contribution in [1.29, 1.82) is 0 Å². The summed E-state index contributed by atoms with van der Waals surface area (Å²) in [5, 5.41) is 0. The number of halogens is 1. The molecule has 0 aliphatic heterocycles. The highest BCUT2D eigenvalue weighted by molar-refractivity contribution is 7.98. The number of carbonyl (C=O) groups is 1. The molecule has 1 amide bonds. The molecule has 0 N–H and O–H groups in total. The van der Waals surface area contributed by atoms with E-state index in [1.807, 2.05) is 24.7 Å². The molecule has 0 atom stereocenters. The van der Waals surface area contributed by atoms with Gasteiger partial charge in [0, 0.05) is 18.7 Å². The van der Waals surface area contributed by atoms with Crippen molar-refractivity contribution in [2.24, 2.45) is 4.99 Å². The highest BCUT2D eigenvalue weighted by atomic mass is 32.2. The molecule has 30 heavy (non-hydrogen) atoms. The number of aromatic nitrogens is 1. The molecule has 1 heterocycles. The molecule has 0 bridgehead atoms. The molecule has 0 saturated heterocycles. The van der Waals surface area contributed by atoms with Crippen LogP contribution >= 0.6 is 23.1 Å². The second-order valence-electron chi connectivity index (χ2n) is 6.96. The van der Waals surface area contributed by atoms with Gasteiger partial charge in [-0.2, -0.15) is 16.8 Å². The number of thioether (sulfide) groups is 1. The van der Waals surface area contributed by atoms with Crippen molar-refractivity contribution in [3.63, 3.8) is 0 Å². The maximum atomic E-state index is 13.0. The van der Waals surface area contributed by atoms with Gasteiger partial charge in [-0.05, 0) is 67.6 Å². The normalized spacial score (nSPS) is 12.6. The Labute approximate surface area is 183 Å². The Hall–Kier alpha value is -1.97. The number of carbonyl (C=O) groups excluding carboxylic acids is 1. The summed E-state index contributed by atoms with van der Waals surface area (Å²) in [7, 11) is -3.68. The highest BCUT2D eigenvalue weighted by Gasteiger charge is 2.17. The molecule has 0 aliphatic carbocycles. The van der Waals surface area contributed by atoms with Crippen molar-refractivity contribution >= 4 is 49.1 Å². The third kappa shape index (κ3) is 5.19. The minimum absolute atomic E-state index is 0.000419. The van der Waals surface area contributed by atoms with E-state index in [-0.39, 0.29) is 17.1 Å². The Kier molecular flexibility index (Phi) is 7.15. The van der Waals surface area contributed by atoms with Crippen LogP contribution in [-0.4, -0.2) is 36.7 Å². The molecule has 160 valence electrons. The van der Waals surface area contributed by atoms with E-state index in [1.165, 1.54) is 34.6 Å². The van der Waals surface area contributed by atoms with Crippen molar-refractivity contribution < 1.29 is 17.6 Å². The molecular weight excluding hydrogens is 443 g/mol. The number of sulfone groups is 1. The van der Waals surface area contributed by atoms with E-state index < -0.39 is 21.6 Å². The summed E-state index contributed by atoms with van der Waals surface area (Å²) >= 11 is 3.14. The summed E-state index contributed by atoms with van der Waals surface area (Å²) < 4.78 is 40.9. The van der Waals surface area contributed by atoms with Crippen molar-refractivity contribution in [3.05, 3.63) is 58.1 Å². The van der Waals surface area contributed by atoms with Gasteiger partial charge in [0.25, 0.3) is 0 Å². The predicted octanol–water partition coefficient (Wildman–Crippen LogP) is 4.11. The lowest BCUT2D eigenvalue weighted by molar-refractivity contribution is -0.117. The number of hydrogen-bond donors (Lipinski definition) is 0. The van der Waals surface area contributed by atoms with E-state index in [1.54, 1.807) is 11.8 Å². The minimum Gasteiger partial charge on any atom is -0.316 e. The first-order valence-electron chi connectivity index (χ1n) is 9.36. The maximum Gasteiger partial charge on any atom is 0.249 e. The van der Waals surface area contributed by atoms with Crippen molar-refractivity contribution in [1.82, 2.24) is 4.57 Å². The Bertz CT molecular complexity index is 1240. The molecule has 0 radical (unpaired) electrons. The lowest BCUT2D eigenvalue weighted by Gasteiger charge is -2.06. The molecule has 3 rings (SSSR count). The molecular formula is C21H23FN2O3S3. The summed E-state index contributed by atoms with van der Waals surface area (Å²) in [6.07, 6.45) is 1.79. The Balaban J connectivity index is 1.88. The number of thiazole rings is 1. The van der Waals surface area contributed by atoms with Crippen LogP contribution in [0.2, 0.25) is 0 Å². The maximum absolute atomic E-state index is 13.0. The van der Waals surface area contributed by atoms with Crippen LogP contribution in [0.25, 0.3) is 10.2 Å². The van der Waals surface area contributed by atoms with Gasteiger partial charge < -0.3 is 4.57 Å². The Morgan fingerprint density at radius 3 is 2.50 bits per heavy atom. The molecule has 9 heteroatoms. The standard InChI is InChI=1S/C21H23FN2O3S3/c1-14-12-18-19(13-15(14)2)29-21(24(18)9-10-28-3)23-20(25)8-11-30(26,27)17-6-4-16(22)5-7-17/h4-7,12-13H,8-11H2,1-3H3. The number of fused-ring (bicyclic) bond motifs is 1. The first-order chi connectivity index (χ1) is 14.2. The average Bonchev–Trinajstić information content (AvgIpc) is 3.01. The van der Waals surface area contributed by atoms with Crippen molar-refractivity contribution in [2.45, 2.75) is 31.7 Å². The average molecular weight is 467 g/mol. The van der Waals surface area contributed by atoms with Gasteiger partial charge in [0.15, 0.2) is 14.6 Å². The summed E-state index contributed by atoms with van der Waals surface area (Å²) in [5.41, 5.74) is 3.37. The lowest BCUT2D eigenvalue weighted by Crippen LogP contribution is -2.19. The van der Waals surface area contributed by atoms with E-state index in [0.29, 0.717) is 11.3 Å². The van der Waals surface area contributed by atoms with Crippen LogP contribution in [0.1, 0.15) is 17.5 Å². The summed E-state index contributed by atoms with van der Waals surface area (Å²) in [6, 6.07) is 8.79. The zero-order valence-electron chi connectivity index (χ0n) is 17.0. The van der Waals surface area contributed by atoms with Crippen molar-refractivity contribution in [2.75, 3.05) is 17.8 Å². The quantitative estimate of drug-likeness (QED) is 0.492. The molecule has 0 spiro atoms. The van der Waals surface area contributed by atoms with Crippen LogP contribution in [0.15, 0.2) is 46.3 Å². The monoisotopic (exact) mass is 466 g/mol. The summed E-state index contributed by atoms with van der Waals surface area (Å²) in [4.78, 5) is 17.3. The van der Waals surface area contributed by atoms with E-state index in [0.717, 1.165) is 28.1 Å². The molecule has 3 aromatic rings. The van der Waals surface area contributed by atoms with Gasteiger partial charge in [-0.15, -0.1) is 0 Å². The SMILES string of the molecule is CSCCn1c(=NC(=O)CCS(=O)(=O)c2ccc(F)cc2)sc2cc(C)c(C)cc21.